The van der Waals surface area contributed by atoms with Gasteiger partial charge in [-0.25, -0.2) is 0 Å². The summed E-state index contributed by atoms with van der Waals surface area (Å²) in [5.74, 6) is 0. The van der Waals surface area contributed by atoms with Crippen molar-refractivity contribution in [2.24, 2.45) is 5.41 Å². The molecule has 0 radical (unpaired) electrons. The van der Waals surface area contributed by atoms with E-state index in [0.717, 1.165) is 25.9 Å². The first-order valence-electron chi connectivity index (χ1n) is 5.89. The topological polar surface area (TPSA) is 18.5 Å². The summed E-state index contributed by atoms with van der Waals surface area (Å²) >= 11 is 0. The molecule has 0 aromatic heterocycles. The van der Waals surface area contributed by atoms with Crippen molar-refractivity contribution in [3.05, 3.63) is 24.3 Å². The van der Waals surface area contributed by atoms with Crippen molar-refractivity contribution in [3.8, 4) is 0 Å². The molecule has 16 heavy (non-hydrogen) atoms. The monoisotopic (exact) mass is 224 g/mol. The predicted octanol–water partition coefficient (Wildman–Crippen LogP) is 3.34. The van der Waals surface area contributed by atoms with Crippen molar-refractivity contribution < 1.29 is 9.47 Å². The van der Waals surface area contributed by atoms with Crippen LogP contribution < -0.4 is 0 Å². The maximum Gasteiger partial charge on any atom is 0.0690 e. The second kappa shape index (κ2) is 5.65. The van der Waals surface area contributed by atoms with Crippen molar-refractivity contribution in [1.82, 2.24) is 0 Å². The highest BCUT2D eigenvalue weighted by Gasteiger charge is 2.36. The second-order valence-corrected chi connectivity index (χ2v) is 5.28. The molecule has 2 unspecified atom stereocenters. The van der Waals surface area contributed by atoms with Gasteiger partial charge in [-0.15, -0.1) is 6.58 Å². The fourth-order valence-electron chi connectivity index (χ4n) is 2.49. The van der Waals surface area contributed by atoms with Crippen LogP contribution in [0.5, 0.6) is 0 Å². The van der Waals surface area contributed by atoms with Gasteiger partial charge in [0, 0.05) is 12.5 Å². The Balaban J connectivity index is 2.74. The first-order chi connectivity index (χ1) is 7.48. The lowest BCUT2D eigenvalue weighted by atomic mass is 9.76. The number of methoxy groups -OCH3 is 1. The van der Waals surface area contributed by atoms with Crippen LogP contribution in [0.25, 0.3) is 0 Å². The summed E-state index contributed by atoms with van der Waals surface area (Å²) in [4.78, 5) is 0. The highest BCUT2D eigenvalue weighted by atomic mass is 16.5. The summed E-state index contributed by atoms with van der Waals surface area (Å²) in [6.07, 6.45) is 3.10. The highest BCUT2D eigenvalue weighted by molar-refractivity contribution is 5.06. The average molecular weight is 224 g/mol. The standard InChI is InChI=1S/C14H24O2/c1-11(2)9-14(4,10-15-5)13-8-12(3)6-7-16-13/h13H,1,3,6-10H2,2,4-5H3. The summed E-state index contributed by atoms with van der Waals surface area (Å²) in [7, 11) is 1.74. The Bertz CT molecular complexity index is 270. The molecule has 92 valence electrons. The van der Waals surface area contributed by atoms with E-state index in [1.807, 2.05) is 0 Å². The fraction of sp³-hybridized carbons (Fsp3) is 0.714. The summed E-state index contributed by atoms with van der Waals surface area (Å²) in [5, 5.41) is 0. The molecule has 1 aliphatic rings. The SMILES string of the molecule is C=C(C)CC(C)(COC)C1CC(=C)CCO1. The van der Waals surface area contributed by atoms with Crippen LogP contribution >= 0.6 is 0 Å². The Hall–Kier alpha value is -0.600. The van der Waals surface area contributed by atoms with Gasteiger partial charge in [0.15, 0.2) is 0 Å². The number of hydrogen-bond donors (Lipinski definition) is 0. The van der Waals surface area contributed by atoms with Crippen LogP contribution in [0.4, 0.5) is 0 Å². The Labute approximate surface area is 99.3 Å². The third-order valence-electron chi connectivity index (χ3n) is 3.21. The van der Waals surface area contributed by atoms with Gasteiger partial charge in [-0.1, -0.05) is 24.6 Å². The minimum atomic E-state index is 0.0178. The third kappa shape index (κ3) is 3.46. The number of allylic oxidation sites excluding steroid dienone is 1. The van der Waals surface area contributed by atoms with Gasteiger partial charge in [0.05, 0.1) is 19.3 Å². The third-order valence-corrected chi connectivity index (χ3v) is 3.21. The van der Waals surface area contributed by atoms with Crippen LogP contribution in [0.1, 0.15) is 33.1 Å². The minimum absolute atomic E-state index is 0.0178. The smallest absolute Gasteiger partial charge is 0.0690 e. The molecular formula is C14H24O2. The van der Waals surface area contributed by atoms with Crippen molar-refractivity contribution in [2.75, 3.05) is 20.3 Å². The zero-order valence-corrected chi connectivity index (χ0v) is 10.8. The van der Waals surface area contributed by atoms with Gasteiger partial charge in [-0.05, 0) is 26.2 Å². The van der Waals surface area contributed by atoms with Crippen LogP contribution in [0.15, 0.2) is 24.3 Å². The van der Waals surface area contributed by atoms with Gasteiger partial charge in [-0.3, -0.25) is 0 Å². The maximum atomic E-state index is 5.88. The van der Waals surface area contributed by atoms with Crippen LogP contribution in [0.3, 0.4) is 0 Å². The van der Waals surface area contributed by atoms with Gasteiger partial charge in [-0.2, -0.15) is 0 Å². The molecule has 1 aliphatic heterocycles. The van der Waals surface area contributed by atoms with E-state index in [4.69, 9.17) is 9.47 Å². The van der Waals surface area contributed by atoms with Crippen molar-refractivity contribution in [1.29, 1.82) is 0 Å². The zero-order chi connectivity index (χ0) is 12.2. The molecule has 2 atom stereocenters. The van der Waals surface area contributed by atoms with Crippen molar-refractivity contribution in [2.45, 2.75) is 39.2 Å². The molecule has 0 saturated carbocycles. The molecule has 1 saturated heterocycles. The Morgan fingerprint density at radius 1 is 1.62 bits per heavy atom. The molecule has 0 N–H and O–H groups in total. The molecule has 0 amide bonds. The van der Waals surface area contributed by atoms with E-state index in [1.54, 1.807) is 7.11 Å². The molecule has 0 aromatic carbocycles. The van der Waals surface area contributed by atoms with Gasteiger partial charge < -0.3 is 9.47 Å². The van der Waals surface area contributed by atoms with Crippen LogP contribution in [0, 0.1) is 5.41 Å². The lowest BCUT2D eigenvalue weighted by molar-refractivity contribution is -0.0757. The lowest BCUT2D eigenvalue weighted by Crippen LogP contribution is -2.41. The molecule has 1 rings (SSSR count). The summed E-state index contributed by atoms with van der Waals surface area (Å²) in [5.41, 5.74) is 2.49. The normalized spacial score (nSPS) is 25.2. The van der Waals surface area contributed by atoms with E-state index in [9.17, 15) is 0 Å². The van der Waals surface area contributed by atoms with E-state index >= 15 is 0 Å². The van der Waals surface area contributed by atoms with E-state index in [-0.39, 0.29) is 11.5 Å². The van der Waals surface area contributed by atoms with E-state index < -0.39 is 0 Å². The van der Waals surface area contributed by atoms with Crippen molar-refractivity contribution in [3.63, 3.8) is 0 Å². The first-order valence-corrected chi connectivity index (χ1v) is 5.89. The maximum absolute atomic E-state index is 5.88. The van der Waals surface area contributed by atoms with E-state index in [2.05, 4.69) is 27.0 Å². The van der Waals surface area contributed by atoms with Crippen LogP contribution in [0.2, 0.25) is 0 Å². The molecule has 2 heteroatoms. The molecular weight excluding hydrogens is 200 g/mol. The molecule has 0 spiro atoms. The number of rotatable bonds is 5. The Kier molecular flexibility index (Phi) is 4.75. The van der Waals surface area contributed by atoms with Crippen LogP contribution in [-0.4, -0.2) is 26.4 Å². The quantitative estimate of drug-likeness (QED) is 0.667. The summed E-state index contributed by atoms with van der Waals surface area (Å²) in [6, 6.07) is 0. The fourth-order valence-corrected chi connectivity index (χ4v) is 2.49. The molecule has 1 fully saturated rings. The van der Waals surface area contributed by atoms with Crippen molar-refractivity contribution >= 4 is 0 Å². The van der Waals surface area contributed by atoms with Crippen LogP contribution in [-0.2, 0) is 9.47 Å². The highest BCUT2D eigenvalue weighted by Crippen LogP contribution is 2.37. The largest absolute Gasteiger partial charge is 0.384 e. The zero-order valence-electron chi connectivity index (χ0n) is 10.8. The molecule has 0 aliphatic carbocycles. The summed E-state index contributed by atoms with van der Waals surface area (Å²) in [6.45, 7) is 13.9. The van der Waals surface area contributed by atoms with Gasteiger partial charge in [0.25, 0.3) is 0 Å². The Morgan fingerprint density at radius 3 is 2.81 bits per heavy atom. The molecule has 0 bridgehead atoms. The molecule has 0 aromatic rings. The first kappa shape index (κ1) is 13.5. The predicted molar refractivity (Wildman–Crippen MR) is 67.5 cm³/mol. The van der Waals surface area contributed by atoms with Gasteiger partial charge in [0.2, 0.25) is 0 Å². The minimum Gasteiger partial charge on any atom is -0.384 e. The molecule has 1 heterocycles. The second-order valence-electron chi connectivity index (χ2n) is 5.28. The summed E-state index contributed by atoms with van der Waals surface area (Å²) < 4.78 is 11.2. The number of hydrogen-bond acceptors (Lipinski definition) is 2. The average Bonchev–Trinajstić information content (AvgIpc) is 2.16. The van der Waals surface area contributed by atoms with Gasteiger partial charge in [0.1, 0.15) is 0 Å². The van der Waals surface area contributed by atoms with E-state index in [0.29, 0.717) is 6.61 Å². The van der Waals surface area contributed by atoms with Gasteiger partial charge >= 0.3 is 0 Å². The molecule has 2 nitrogen and oxygen atoms in total. The van der Waals surface area contributed by atoms with E-state index in [1.165, 1.54) is 11.1 Å². The Morgan fingerprint density at radius 2 is 2.31 bits per heavy atom. The number of ether oxygens (including phenoxy) is 2. The lowest BCUT2D eigenvalue weighted by Gasteiger charge is -2.40.